The number of nitro benzene ring substituents is 1. The van der Waals surface area contributed by atoms with Gasteiger partial charge >= 0.3 is 5.69 Å². The molecule has 0 saturated carbocycles. The molecule has 0 spiro atoms. The van der Waals surface area contributed by atoms with E-state index in [1.165, 1.54) is 11.3 Å². The summed E-state index contributed by atoms with van der Waals surface area (Å²) in [4.78, 5) is 23.5. The van der Waals surface area contributed by atoms with Crippen molar-refractivity contribution >= 4 is 28.3 Å². The fraction of sp³-hybridized carbons (Fsp3) is 0.130. The van der Waals surface area contributed by atoms with Gasteiger partial charge in [-0.2, -0.15) is 5.10 Å². The Kier molecular flexibility index (Phi) is 5.09. The number of furan rings is 2. The number of hydrogen-bond acceptors (Lipinski definition) is 7. The van der Waals surface area contributed by atoms with Gasteiger partial charge in [-0.15, -0.1) is 0 Å². The van der Waals surface area contributed by atoms with Crippen molar-refractivity contribution in [2.75, 3.05) is 6.61 Å². The Balaban J connectivity index is 1.42. The molecule has 4 aromatic rings. The van der Waals surface area contributed by atoms with Crippen molar-refractivity contribution in [1.29, 1.82) is 0 Å². The van der Waals surface area contributed by atoms with Gasteiger partial charge < -0.3 is 13.6 Å². The number of rotatable bonds is 6. The number of halogens is 1. The predicted octanol–water partition coefficient (Wildman–Crippen LogP) is 4.83. The first-order valence-electron chi connectivity index (χ1n) is 9.98. The predicted molar refractivity (Wildman–Crippen MR) is 114 cm³/mol. The van der Waals surface area contributed by atoms with Crippen LogP contribution in [0.25, 0.3) is 11.0 Å². The van der Waals surface area contributed by atoms with E-state index in [1.807, 2.05) is 30.3 Å². The maximum atomic E-state index is 13.6. The van der Waals surface area contributed by atoms with Crippen molar-refractivity contribution in [2.45, 2.75) is 12.5 Å². The number of ether oxygens (including phenoxy) is 1. The van der Waals surface area contributed by atoms with Crippen LogP contribution >= 0.6 is 0 Å². The Bertz CT molecular complexity index is 1350. The number of hydrazone groups is 1. The molecule has 33 heavy (non-hydrogen) atoms. The van der Waals surface area contributed by atoms with E-state index in [9.17, 15) is 19.3 Å². The van der Waals surface area contributed by atoms with Gasteiger partial charge in [0.2, 0.25) is 5.75 Å². The molecular formula is C23H16FN3O6. The molecular weight excluding hydrogens is 433 g/mol. The monoisotopic (exact) mass is 449 g/mol. The number of nitrogens with zero attached hydrogens (tertiary/aromatic N) is 3. The van der Waals surface area contributed by atoms with Crippen LogP contribution in [0.3, 0.4) is 0 Å². The highest BCUT2D eigenvalue weighted by Crippen LogP contribution is 2.35. The summed E-state index contributed by atoms with van der Waals surface area (Å²) in [6.45, 7) is -0.585. The minimum absolute atomic E-state index is 0.333. The van der Waals surface area contributed by atoms with E-state index in [1.54, 1.807) is 12.1 Å². The summed E-state index contributed by atoms with van der Waals surface area (Å²) in [5.74, 6) is -0.618. The molecule has 5 rings (SSSR count). The fourth-order valence-electron chi connectivity index (χ4n) is 3.68. The lowest BCUT2D eigenvalue weighted by atomic mass is 10.1. The minimum atomic E-state index is -0.720. The zero-order valence-corrected chi connectivity index (χ0v) is 17.0. The topological polar surface area (TPSA) is 111 Å². The molecule has 1 unspecified atom stereocenters. The molecule has 1 aliphatic rings. The Labute approximate surface area is 185 Å². The summed E-state index contributed by atoms with van der Waals surface area (Å²) < 4.78 is 30.3. The molecule has 2 aromatic carbocycles. The Morgan fingerprint density at radius 3 is 2.82 bits per heavy atom. The van der Waals surface area contributed by atoms with Crippen LogP contribution in [0.2, 0.25) is 0 Å². The number of nitro groups is 1. The van der Waals surface area contributed by atoms with Crippen molar-refractivity contribution in [2.24, 2.45) is 5.10 Å². The Morgan fingerprint density at radius 2 is 2.06 bits per heavy atom. The lowest BCUT2D eigenvalue weighted by Gasteiger charge is -2.19. The summed E-state index contributed by atoms with van der Waals surface area (Å²) in [6.07, 6.45) is 1.82. The first-order valence-corrected chi connectivity index (χ1v) is 9.98. The highest BCUT2D eigenvalue weighted by molar-refractivity contribution is 6.03. The molecule has 0 fully saturated rings. The molecule has 1 atom stereocenters. The fourth-order valence-corrected chi connectivity index (χ4v) is 3.68. The minimum Gasteiger partial charge on any atom is -0.477 e. The molecule has 9 nitrogen and oxygen atoms in total. The van der Waals surface area contributed by atoms with Gasteiger partial charge in [-0.1, -0.05) is 18.2 Å². The van der Waals surface area contributed by atoms with Gasteiger partial charge in [0.1, 0.15) is 28.9 Å². The number of hydrogen-bond donors (Lipinski definition) is 0. The second-order valence-corrected chi connectivity index (χ2v) is 7.33. The van der Waals surface area contributed by atoms with Gasteiger partial charge in [-0.25, -0.2) is 9.40 Å². The maximum Gasteiger partial charge on any atom is 0.311 e. The molecule has 3 heterocycles. The quantitative estimate of drug-likeness (QED) is 0.308. The second-order valence-electron chi connectivity index (χ2n) is 7.33. The second kappa shape index (κ2) is 8.23. The van der Waals surface area contributed by atoms with E-state index >= 15 is 0 Å². The van der Waals surface area contributed by atoms with Crippen molar-refractivity contribution in [3.05, 3.63) is 94.4 Å². The Morgan fingerprint density at radius 1 is 1.21 bits per heavy atom. The van der Waals surface area contributed by atoms with E-state index in [0.717, 1.165) is 23.6 Å². The van der Waals surface area contributed by atoms with Crippen LogP contribution in [-0.4, -0.2) is 28.2 Å². The van der Waals surface area contributed by atoms with E-state index < -0.39 is 35.0 Å². The van der Waals surface area contributed by atoms with Gasteiger partial charge in [0.05, 0.1) is 11.2 Å². The third kappa shape index (κ3) is 3.93. The Hall–Kier alpha value is -4.47. The van der Waals surface area contributed by atoms with Gasteiger partial charge in [0.15, 0.2) is 12.4 Å². The number of carbonyl (C=O) groups is 1. The van der Waals surface area contributed by atoms with Crippen molar-refractivity contribution in [3.8, 4) is 5.75 Å². The lowest BCUT2D eigenvalue weighted by molar-refractivity contribution is -0.385. The lowest BCUT2D eigenvalue weighted by Crippen LogP contribution is -2.31. The summed E-state index contributed by atoms with van der Waals surface area (Å²) in [6, 6.07) is 15.0. The maximum absolute atomic E-state index is 13.6. The molecule has 166 valence electrons. The average Bonchev–Trinajstić information content (AvgIpc) is 3.55. The number of benzene rings is 2. The van der Waals surface area contributed by atoms with Gasteiger partial charge in [-0.3, -0.25) is 14.9 Å². The van der Waals surface area contributed by atoms with Crippen LogP contribution in [0.1, 0.15) is 24.0 Å². The van der Waals surface area contributed by atoms with Gasteiger partial charge in [-0.05, 0) is 30.3 Å². The van der Waals surface area contributed by atoms with E-state index in [0.29, 0.717) is 29.2 Å². The number of para-hydroxylation sites is 1. The van der Waals surface area contributed by atoms with Crippen LogP contribution in [-0.2, 0) is 4.79 Å². The SMILES string of the molecule is O=C(COc1cc(F)ccc1[N+](=O)[O-])N1N=C(c2cc3ccccc3o2)CC1c1ccco1. The van der Waals surface area contributed by atoms with Gasteiger partial charge in [0, 0.05) is 23.9 Å². The molecule has 10 heteroatoms. The normalized spacial score (nSPS) is 15.6. The first kappa shape index (κ1) is 20.4. The van der Waals surface area contributed by atoms with Crippen LogP contribution in [0.15, 0.2) is 80.9 Å². The molecule has 0 aliphatic carbocycles. The molecule has 0 saturated heterocycles. The average molecular weight is 449 g/mol. The highest BCUT2D eigenvalue weighted by Gasteiger charge is 2.36. The third-order valence-electron chi connectivity index (χ3n) is 5.22. The smallest absolute Gasteiger partial charge is 0.311 e. The van der Waals surface area contributed by atoms with Crippen LogP contribution < -0.4 is 4.74 Å². The molecule has 0 radical (unpaired) electrons. The number of fused-ring (bicyclic) bond motifs is 1. The molecule has 1 aliphatic heterocycles. The first-order chi connectivity index (χ1) is 16.0. The van der Waals surface area contributed by atoms with Crippen molar-refractivity contribution in [1.82, 2.24) is 5.01 Å². The molecule has 0 bridgehead atoms. The molecule has 2 aromatic heterocycles. The van der Waals surface area contributed by atoms with E-state index in [2.05, 4.69) is 5.10 Å². The summed E-state index contributed by atoms with van der Waals surface area (Å²) in [7, 11) is 0. The van der Waals surface area contributed by atoms with Crippen molar-refractivity contribution < 1.29 is 27.7 Å². The summed E-state index contributed by atoms with van der Waals surface area (Å²) in [5, 5.41) is 17.7. The highest BCUT2D eigenvalue weighted by atomic mass is 19.1. The van der Waals surface area contributed by atoms with Crippen LogP contribution in [0.5, 0.6) is 5.75 Å². The summed E-state index contributed by atoms with van der Waals surface area (Å²) >= 11 is 0. The zero-order chi connectivity index (χ0) is 22.9. The van der Waals surface area contributed by atoms with E-state index in [4.69, 9.17) is 13.6 Å². The third-order valence-corrected chi connectivity index (χ3v) is 5.22. The van der Waals surface area contributed by atoms with E-state index in [-0.39, 0.29) is 5.75 Å². The zero-order valence-electron chi connectivity index (χ0n) is 17.0. The van der Waals surface area contributed by atoms with Crippen LogP contribution in [0.4, 0.5) is 10.1 Å². The molecule has 0 N–H and O–H groups in total. The van der Waals surface area contributed by atoms with Gasteiger partial charge in [0.25, 0.3) is 5.91 Å². The largest absolute Gasteiger partial charge is 0.477 e. The molecule has 1 amide bonds. The van der Waals surface area contributed by atoms with Crippen LogP contribution in [0, 0.1) is 15.9 Å². The standard InChI is InChI=1S/C23H16FN3O6/c24-15-7-8-17(27(29)30)22(11-15)32-13-23(28)26-18(20-6-3-9-31-20)12-16(25-26)21-10-14-4-1-2-5-19(14)33-21/h1-11,18H,12-13H2. The number of amides is 1. The number of carbonyl (C=O) groups excluding carboxylic acids is 1. The van der Waals surface area contributed by atoms with Crippen molar-refractivity contribution in [3.63, 3.8) is 0 Å². The summed E-state index contributed by atoms with van der Waals surface area (Å²) in [5.41, 5.74) is 0.786.